The first-order chi connectivity index (χ1) is 11.4. The molecule has 0 spiro atoms. The fourth-order valence-electron chi connectivity index (χ4n) is 2.17. The van der Waals surface area contributed by atoms with Gasteiger partial charge in [-0.15, -0.1) is 0 Å². The van der Waals surface area contributed by atoms with Crippen molar-refractivity contribution in [1.29, 1.82) is 0 Å². The normalized spacial score (nSPS) is 10.5. The molecule has 2 rings (SSSR count). The third-order valence-corrected chi connectivity index (χ3v) is 3.36. The minimum atomic E-state index is -0.520. The third-order valence-electron chi connectivity index (χ3n) is 3.36. The molecule has 0 aliphatic carbocycles. The van der Waals surface area contributed by atoms with E-state index in [2.05, 4.69) is 15.3 Å². The molecule has 24 heavy (non-hydrogen) atoms. The molecule has 128 valence electrons. The fourth-order valence-corrected chi connectivity index (χ4v) is 2.17. The lowest BCUT2D eigenvalue weighted by atomic mass is 10.0. The first-order valence-electron chi connectivity index (χ1n) is 7.21. The standard InChI is InChI=1S/C15H19N5O4/c1-8(2)9-5-12(23-4)10(20(21)22)6-11(9)24-13-7-18-15(16)19-14(13)17-3/h5-8H,1-4H3,(H3,16,17,18,19). The Hall–Kier alpha value is -3.10. The SMILES string of the molecule is CNc1nc(N)ncc1Oc1cc([N+](=O)[O-])c(OC)cc1C(C)C. The molecule has 0 radical (unpaired) electrons. The van der Waals surface area contributed by atoms with Crippen LogP contribution in [0.2, 0.25) is 0 Å². The maximum atomic E-state index is 11.3. The Kier molecular flexibility index (Phi) is 5.02. The van der Waals surface area contributed by atoms with Gasteiger partial charge in [0, 0.05) is 12.6 Å². The van der Waals surface area contributed by atoms with Crippen LogP contribution in [-0.4, -0.2) is 29.0 Å². The number of nitrogens with one attached hydrogen (secondary N) is 1. The topological polar surface area (TPSA) is 125 Å². The number of anilines is 2. The Bertz CT molecular complexity index is 764. The summed E-state index contributed by atoms with van der Waals surface area (Å²) in [5.41, 5.74) is 6.13. The van der Waals surface area contributed by atoms with E-state index >= 15 is 0 Å². The summed E-state index contributed by atoms with van der Waals surface area (Å²) < 4.78 is 10.9. The van der Waals surface area contributed by atoms with Crippen molar-refractivity contribution in [2.45, 2.75) is 19.8 Å². The number of hydrogen-bond donors (Lipinski definition) is 2. The summed E-state index contributed by atoms with van der Waals surface area (Å²) in [4.78, 5) is 18.6. The van der Waals surface area contributed by atoms with E-state index in [9.17, 15) is 10.1 Å². The zero-order chi connectivity index (χ0) is 17.9. The van der Waals surface area contributed by atoms with Crippen LogP contribution in [0.3, 0.4) is 0 Å². The second kappa shape index (κ2) is 6.99. The number of nitro groups is 1. The van der Waals surface area contributed by atoms with E-state index < -0.39 is 4.92 Å². The second-order valence-electron chi connectivity index (χ2n) is 5.27. The number of rotatable bonds is 6. The quantitative estimate of drug-likeness (QED) is 0.610. The largest absolute Gasteiger partial charge is 0.490 e. The number of ether oxygens (including phenoxy) is 2. The molecule has 9 nitrogen and oxygen atoms in total. The van der Waals surface area contributed by atoms with Crippen LogP contribution in [0.5, 0.6) is 17.2 Å². The monoisotopic (exact) mass is 333 g/mol. The molecule has 9 heteroatoms. The van der Waals surface area contributed by atoms with Crippen molar-refractivity contribution < 1.29 is 14.4 Å². The molecule has 1 aromatic carbocycles. The summed E-state index contributed by atoms with van der Waals surface area (Å²) >= 11 is 0. The molecule has 0 bridgehead atoms. The third kappa shape index (κ3) is 3.45. The predicted molar refractivity (Wildman–Crippen MR) is 89.8 cm³/mol. The van der Waals surface area contributed by atoms with Gasteiger partial charge in [0.15, 0.2) is 17.3 Å². The van der Waals surface area contributed by atoms with E-state index in [4.69, 9.17) is 15.2 Å². The minimum absolute atomic E-state index is 0.0578. The molecular formula is C15H19N5O4. The second-order valence-corrected chi connectivity index (χ2v) is 5.27. The summed E-state index contributed by atoms with van der Waals surface area (Å²) in [6.07, 6.45) is 1.41. The number of aromatic nitrogens is 2. The van der Waals surface area contributed by atoms with Crippen molar-refractivity contribution in [2.24, 2.45) is 0 Å². The van der Waals surface area contributed by atoms with Crippen molar-refractivity contribution in [3.63, 3.8) is 0 Å². The van der Waals surface area contributed by atoms with Gasteiger partial charge in [-0.25, -0.2) is 4.98 Å². The maximum Gasteiger partial charge on any atom is 0.314 e. The molecule has 0 aliphatic heterocycles. The summed E-state index contributed by atoms with van der Waals surface area (Å²) in [6.45, 7) is 3.90. The number of nitrogens with two attached hydrogens (primary N) is 1. The van der Waals surface area contributed by atoms with Gasteiger partial charge in [-0.2, -0.15) is 4.98 Å². The lowest BCUT2D eigenvalue weighted by molar-refractivity contribution is -0.385. The van der Waals surface area contributed by atoms with Crippen LogP contribution in [0.4, 0.5) is 17.5 Å². The molecule has 1 heterocycles. The van der Waals surface area contributed by atoms with Crippen LogP contribution < -0.4 is 20.5 Å². The van der Waals surface area contributed by atoms with E-state index in [1.807, 2.05) is 13.8 Å². The van der Waals surface area contributed by atoms with Gasteiger partial charge in [0.2, 0.25) is 5.95 Å². The Labute approximate surface area is 139 Å². The van der Waals surface area contributed by atoms with E-state index in [1.54, 1.807) is 13.1 Å². The van der Waals surface area contributed by atoms with E-state index in [0.29, 0.717) is 17.3 Å². The van der Waals surface area contributed by atoms with Crippen molar-refractivity contribution >= 4 is 17.5 Å². The minimum Gasteiger partial charge on any atom is -0.490 e. The van der Waals surface area contributed by atoms with Crippen molar-refractivity contribution in [3.05, 3.63) is 34.0 Å². The lowest BCUT2D eigenvalue weighted by Gasteiger charge is -2.16. The zero-order valence-electron chi connectivity index (χ0n) is 13.9. The summed E-state index contributed by atoms with van der Waals surface area (Å²) in [6, 6.07) is 2.94. The first-order valence-corrected chi connectivity index (χ1v) is 7.21. The number of nitro benzene ring substituents is 1. The van der Waals surface area contributed by atoms with Crippen LogP contribution in [-0.2, 0) is 0 Å². The van der Waals surface area contributed by atoms with E-state index in [0.717, 1.165) is 5.56 Å². The molecule has 2 aromatic rings. The van der Waals surface area contributed by atoms with Crippen molar-refractivity contribution in [2.75, 3.05) is 25.2 Å². The van der Waals surface area contributed by atoms with Gasteiger partial charge in [0.1, 0.15) is 5.75 Å². The van der Waals surface area contributed by atoms with Crippen LogP contribution in [0, 0.1) is 10.1 Å². The van der Waals surface area contributed by atoms with Gasteiger partial charge in [-0.05, 0) is 12.0 Å². The Balaban J connectivity index is 2.56. The van der Waals surface area contributed by atoms with Gasteiger partial charge in [0.05, 0.1) is 24.3 Å². The highest BCUT2D eigenvalue weighted by atomic mass is 16.6. The zero-order valence-corrected chi connectivity index (χ0v) is 13.9. The van der Waals surface area contributed by atoms with Crippen LogP contribution in [0.25, 0.3) is 0 Å². The molecule has 0 aliphatic rings. The molecule has 0 amide bonds. The van der Waals surface area contributed by atoms with Crippen LogP contribution in [0.1, 0.15) is 25.3 Å². The fraction of sp³-hybridized carbons (Fsp3) is 0.333. The lowest BCUT2D eigenvalue weighted by Crippen LogP contribution is -2.04. The Morgan fingerprint density at radius 3 is 2.54 bits per heavy atom. The predicted octanol–water partition coefficient (Wildman–Crippen LogP) is 2.93. The molecule has 3 N–H and O–H groups in total. The number of benzene rings is 1. The summed E-state index contributed by atoms with van der Waals surface area (Å²) in [5, 5.41) is 14.1. The number of nitrogens with zero attached hydrogens (tertiary/aromatic N) is 3. The number of nitrogen functional groups attached to an aromatic ring is 1. The van der Waals surface area contributed by atoms with Crippen LogP contribution in [0.15, 0.2) is 18.3 Å². The highest BCUT2D eigenvalue weighted by Crippen LogP contribution is 2.40. The van der Waals surface area contributed by atoms with Gasteiger partial charge in [0.25, 0.3) is 0 Å². The van der Waals surface area contributed by atoms with Gasteiger partial charge < -0.3 is 20.5 Å². The van der Waals surface area contributed by atoms with E-state index in [-0.39, 0.29) is 23.3 Å². The smallest absolute Gasteiger partial charge is 0.314 e. The molecule has 0 atom stereocenters. The Morgan fingerprint density at radius 1 is 1.29 bits per heavy atom. The Morgan fingerprint density at radius 2 is 2.00 bits per heavy atom. The van der Waals surface area contributed by atoms with Gasteiger partial charge in [-0.1, -0.05) is 13.8 Å². The van der Waals surface area contributed by atoms with Gasteiger partial charge in [-0.3, -0.25) is 10.1 Å². The average Bonchev–Trinajstić information content (AvgIpc) is 2.55. The molecule has 0 unspecified atom stereocenters. The highest BCUT2D eigenvalue weighted by Gasteiger charge is 2.22. The number of methoxy groups -OCH3 is 1. The van der Waals surface area contributed by atoms with Crippen molar-refractivity contribution in [3.8, 4) is 17.2 Å². The molecule has 1 aromatic heterocycles. The molecule has 0 saturated heterocycles. The summed E-state index contributed by atoms with van der Waals surface area (Å²) in [5.74, 6) is 1.36. The first kappa shape index (κ1) is 17.3. The van der Waals surface area contributed by atoms with E-state index in [1.165, 1.54) is 19.4 Å². The van der Waals surface area contributed by atoms with Gasteiger partial charge >= 0.3 is 5.69 Å². The maximum absolute atomic E-state index is 11.3. The summed E-state index contributed by atoms with van der Waals surface area (Å²) in [7, 11) is 3.05. The molecule has 0 saturated carbocycles. The van der Waals surface area contributed by atoms with Crippen molar-refractivity contribution in [1.82, 2.24) is 9.97 Å². The molecule has 0 fully saturated rings. The molecular weight excluding hydrogens is 314 g/mol. The van der Waals surface area contributed by atoms with Crippen LogP contribution >= 0.6 is 0 Å². The number of hydrogen-bond acceptors (Lipinski definition) is 8. The average molecular weight is 333 g/mol. The highest BCUT2D eigenvalue weighted by molar-refractivity contribution is 5.59.